The van der Waals surface area contributed by atoms with Crippen molar-refractivity contribution in [2.24, 2.45) is 0 Å². The molecule has 0 radical (unpaired) electrons. The molecule has 78 valence electrons. The quantitative estimate of drug-likeness (QED) is 0.811. The summed E-state index contributed by atoms with van der Waals surface area (Å²) in [4.78, 5) is 0. The van der Waals surface area contributed by atoms with Gasteiger partial charge in [0, 0.05) is 19.8 Å². The van der Waals surface area contributed by atoms with Gasteiger partial charge in [-0.1, -0.05) is 18.2 Å². The first kappa shape index (κ1) is 11.0. The standard InChI is InChI=1S/C9H14N2O2S/c1-11(2)14(12,13)8-10-9-6-4-3-5-7-9/h3-7,10H,8H2,1-2H3. The molecule has 14 heavy (non-hydrogen) atoms. The summed E-state index contributed by atoms with van der Waals surface area (Å²) < 4.78 is 23.9. The van der Waals surface area contributed by atoms with Crippen molar-refractivity contribution in [1.82, 2.24) is 4.31 Å². The van der Waals surface area contributed by atoms with E-state index in [4.69, 9.17) is 0 Å². The topological polar surface area (TPSA) is 49.4 Å². The number of para-hydroxylation sites is 1. The molecule has 0 aromatic heterocycles. The zero-order valence-corrected chi connectivity index (χ0v) is 9.08. The number of anilines is 1. The van der Waals surface area contributed by atoms with Gasteiger partial charge < -0.3 is 5.32 Å². The second-order valence-electron chi connectivity index (χ2n) is 3.08. The van der Waals surface area contributed by atoms with Gasteiger partial charge in [0.1, 0.15) is 5.88 Å². The van der Waals surface area contributed by atoms with E-state index in [1.807, 2.05) is 30.3 Å². The Morgan fingerprint density at radius 3 is 2.29 bits per heavy atom. The lowest BCUT2D eigenvalue weighted by Crippen LogP contribution is -2.28. The highest BCUT2D eigenvalue weighted by Crippen LogP contribution is 2.05. The second-order valence-corrected chi connectivity index (χ2v) is 5.26. The van der Waals surface area contributed by atoms with E-state index in [-0.39, 0.29) is 5.88 Å². The molecule has 5 heteroatoms. The van der Waals surface area contributed by atoms with Gasteiger partial charge in [0.15, 0.2) is 0 Å². The van der Waals surface area contributed by atoms with Crippen LogP contribution in [-0.2, 0) is 10.0 Å². The van der Waals surface area contributed by atoms with E-state index in [0.717, 1.165) is 5.69 Å². The van der Waals surface area contributed by atoms with Gasteiger partial charge in [-0.15, -0.1) is 0 Å². The number of rotatable bonds is 4. The fourth-order valence-electron chi connectivity index (χ4n) is 0.860. The summed E-state index contributed by atoms with van der Waals surface area (Å²) in [6.45, 7) is 0. The number of nitrogens with one attached hydrogen (secondary N) is 1. The lowest BCUT2D eigenvalue weighted by atomic mass is 10.3. The van der Waals surface area contributed by atoms with Crippen molar-refractivity contribution < 1.29 is 8.42 Å². The third-order valence-electron chi connectivity index (χ3n) is 1.79. The first-order valence-corrected chi connectivity index (χ1v) is 5.82. The molecule has 0 spiro atoms. The highest BCUT2D eigenvalue weighted by atomic mass is 32.2. The van der Waals surface area contributed by atoms with Crippen LogP contribution in [0.25, 0.3) is 0 Å². The molecule has 0 saturated heterocycles. The average Bonchev–Trinajstić information content (AvgIpc) is 2.16. The number of hydrogen-bond acceptors (Lipinski definition) is 3. The fourth-order valence-corrected chi connectivity index (χ4v) is 1.47. The first-order chi connectivity index (χ1) is 6.52. The van der Waals surface area contributed by atoms with Crippen molar-refractivity contribution in [3.63, 3.8) is 0 Å². The molecule has 0 saturated carbocycles. The van der Waals surface area contributed by atoms with Crippen molar-refractivity contribution in [1.29, 1.82) is 0 Å². The van der Waals surface area contributed by atoms with Gasteiger partial charge >= 0.3 is 0 Å². The van der Waals surface area contributed by atoms with Crippen LogP contribution in [0.1, 0.15) is 0 Å². The fraction of sp³-hybridized carbons (Fsp3) is 0.333. The van der Waals surface area contributed by atoms with Gasteiger partial charge in [-0.3, -0.25) is 0 Å². The second kappa shape index (κ2) is 4.43. The van der Waals surface area contributed by atoms with Crippen LogP contribution in [0, 0.1) is 0 Å². The van der Waals surface area contributed by atoms with E-state index in [9.17, 15) is 8.42 Å². The molecule has 0 aliphatic rings. The molecular weight excluding hydrogens is 200 g/mol. The van der Waals surface area contributed by atoms with Crippen molar-refractivity contribution in [2.75, 3.05) is 25.3 Å². The minimum atomic E-state index is -3.17. The van der Waals surface area contributed by atoms with Crippen molar-refractivity contribution in [3.05, 3.63) is 30.3 Å². The summed E-state index contributed by atoms with van der Waals surface area (Å²) >= 11 is 0. The number of nitrogens with zero attached hydrogens (tertiary/aromatic N) is 1. The maximum absolute atomic E-state index is 11.4. The minimum Gasteiger partial charge on any atom is -0.370 e. The number of hydrogen-bond donors (Lipinski definition) is 1. The lowest BCUT2D eigenvalue weighted by molar-refractivity contribution is 0.522. The van der Waals surface area contributed by atoms with Crippen LogP contribution in [0.3, 0.4) is 0 Å². The van der Waals surface area contributed by atoms with E-state index in [2.05, 4.69) is 5.32 Å². The monoisotopic (exact) mass is 214 g/mol. The van der Waals surface area contributed by atoms with Crippen molar-refractivity contribution >= 4 is 15.7 Å². The maximum atomic E-state index is 11.4. The van der Waals surface area contributed by atoms with Crippen LogP contribution in [0.2, 0.25) is 0 Å². The predicted molar refractivity (Wildman–Crippen MR) is 57.5 cm³/mol. The van der Waals surface area contributed by atoms with Crippen molar-refractivity contribution in [3.8, 4) is 0 Å². The molecule has 1 aromatic carbocycles. The van der Waals surface area contributed by atoms with E-state index in [1.54, 1.807) is 0 Å². The first-order valence-electron chi connectivity index (χ1n) is 4.21. The Hall–Kier alpha value is -1.07. The van der Waals surface area contributed by atoms with Crippen LogP contribution in [-0.4, -0.2) is 32.7 Å². The summed E-state index contributed by atoms with van der Waals surface area (Å²) in [5, 5.41) is 2.84. The molecule has 1 aromatic rings. The third kappa shape index (κ3) is 3.01. The van der Waals surface area contributed by atoms with Gasteiger partial charge in [0.25, 0.3) is 0 Å². The molecule has 0 amide bonds. The number of sulfonamides is 1. The lowest BCUT2D eigenvalue weighted by Gasteiger charge is -2.12. The largest absolute Gasteiger partial charge is 0.370 e. The SMILES string of the molecule is CN(C)S(=O)(=O)CNc1ccccc1. The molecule has 0 aliphatic carbocycles. The molecule has 0 unspecified atom stereocenters. The van der Waals surface area contributed by atoms with E-state index < -0.39 is 10.0 Å². The van der Waals surface area contributed by atoms with Gasteiger partial charge in [0.2, 0.25) is 10.0 Å². The maximum Gasteiger partial charge on any atom is 0.231 e. The Kier molecular flexibility index (Phi) is 3.49. The van der Waals surface area contributed by atoms with E-state index >= 15 is 0 Å². The smallest absolute Gasteiger partial charge is 0.231 e. The molecule has 0 bridgehead atoms. The Balaban J connectivity index is 2.58. The third-order valence-corrected chi connectivity index (χ3v) is 3.41. The molecule has 1 rings (SSSR count). The van der Waals surface area contributed by atoms with Crippen LogP contribution in [0.15, 0.2) is 30.3 Å². The molecule has 1 N–H and O–H groups in total. The van der Waals surface area contributed by atoms with Crippen LogP contribution >= 0.6 is 0 Å². The predicted octanol–water partition coefficient (Wildman–Crippen LogP) is 0.947. The van der Waals surface area contributed by atoms with Crippen LogP contribution in [0.5, 0.6) is 0 Å². The minimum absolute atomic E-state index is 0.0794. The number of benzene rings is 1. The van der Waals surface area contributed by atoms with Gasteiger partial charge in [-0.2, -0.15) is 0 Å². The van der Waals surface area contributed by atoms with Gasteiger partial charge in [-0.25, -0.2) is 12.7 Å². The van der Waals surface area contributed by atoms with Gasteiger partial charge in [-0.05, 0) is 12.1 Å². The molecule has 0 atom stereocenters. The molecule has 0 heterocycles. The molecule has 4 nitrogen and oxygen atoms in total. The summed E-state index contributed by atoms with van der Waals surface area (Å²) in [5.74, 6) is -0.0794. The zero-order valence-electron chi connectivity index (χ0n) is 8.27. The average molecular weight is 214 g/mol. The van der Waals surface area contributed by atoms with Crippen molar-refractivity contribution in [2.45, 2.75) is 0 Å². The molecule has 0 fully saturated rings. The summed E-state index contributed by atoms with van der Waals surface area (Å²) in [7, 11) is -0.142. The highest BCUT2D eigenvalue weighted by molar-refractivity contribution is 7.89. The normalized spacial score (nSPS) is 11.6. The molecular formula is C9H14N2O2S. The van der Waals surface area contributed by atoms with Crippen LogP contribution < -0.4 is 5.32 Å². The summed E-state index contributed by atoms with van der Waals surface area (Å²) in [6, 6.07) is 9.23. The summed E-state index contributed by atoms with van der Waals surface area (Å²) in [6.07, 6.45) is 0. The van der Waals surface area contributed by atoms with Crippen LogP contribution in [0.4, 0.5) is 5.69 Å². The molecule has 0 aliphatic heterocycles. The zero-order chi connectivity index (χ0) is 10.6. The summed E-state index contributed by atoms with van der Waals surface area (Å²) in [5.41, 5.74) is 0.804. The highest BCUT2D eigenvalue weighted by Gasteiger charge is 2.12. The Morgan fingerprint density at radius 1 is 1.21 bits per heavy atom. The Morgan fingerprint density at radius 2 is 1.79 bits per heavy atom. The van der Waals surface area contributed by atoms with E-state index in [0.29, 0.717) is 0 Å². The Labute approximate surface area is 84.6 Å². The van der Waals surface area contributed by atoms with Gasteiger partial charge in [0.05, 0.1) is 0 Å². The Bertz CT molecular complexity index is 373. The van der Waals surface area contributed by atoms with E-state index in [1.165, 1.54) is 18.4 Å².